The number of amides is 1. The summed E-state index contributed by atoms with van der Waals surface area (Å²) in [4.78, 5) is 25.7. The average Bonchev–Trinajstić information content (AvgIpc) is 3.06. The van der Waals surface area contributed by atoms with Gasteiger partial charge in [-0.2, -0.15) is 0 Å². The van der Waals surface area contributed by atoms with Crippen molar-refractivity contribution in [1.82, 2.24) is 0 Å². The Balaban J connectivity index is 1.73. The van der Waals surface area contributed by atoms with E-state index in [1.54, 1.807) is 18.2 Å². The third kappa shape index (κ3) is 1.91. The predicted molar refractivity (Wildman–Crippen MR) is 82.2 cm³/mol. The fourth-order valence-corrected chi connectivity index (χ4v) is 3.10. The normalized spacial score (nSPS) is 15.4. The first-order valence-electron chi connectivity index (χ1n) is 6.68. The minimum absolute atomic E-state index is 0.190. The third-order valence-corrected chi connectivity index (χ3v) is 4.49. The predicted octanol–water partition coefficient (Wildman–Crippen LogP) is 2.91. The van der Waals surface area contributed by atoms with Gasteiger partial charge in [0, 0.05) is 4.47 Å². The van der Waals surface area contributed by atoms with Gasteiger partial charge < -0.3 is 14.4 Å². The highest BCUT2D eigenvalue weighted by Crippen LogP contribution is 2.38. The smallest absolute Gasteiger partial charge is 0.299 e. The molecule has 0 saturated heterocycles. The van der Waals surface area contributed by atoms with Gasteiger partial charge in [0.1, 0.15) is 0 Å². The molecule has 2 aromatic rings. The highest BCUT2D eigenvalue weighted by Gasteiger charge is 2.35. The largest absolute Gasteiger partial charge is 0.454 e. The van der Waals surface area contributed by atoms with E-state index in [1.165, 1.54) is 4.90 Å². The lowest BCUT2D eigenvalue weighted by Crippen LogP contribution is -2.29. The van der Waals surface area contributed by atoms with Gasteiger partial charge in [-0.1, -0.05) is 28.1 Å². The number of para-hydroxylation sites is 1. The molecule has 0 saturated carbocycles. The topological polar surface area (TPSA) is 55.8 Å². The molecule has 0 aliphatic carbocycles. The second-order valence-electron chi connectivity index (χ2n) is 5.03. The molecule has 2 heterocycles. The molecule has 0 atom stereocenters. The van der Waals surface area contributed by atoms with Gasteiger partial charge in [0.05, 0.1) is 17.8 Å². The van der Waals surface area contributed by atoms with E-state index in [1.807, 2.05) is 18.2 Å². The second kappa shape index (κ2) is 4.84. The number of anilines is 1. The van der Waals surface area contributed by atoms with E-state index in [9.17, 15) is 9.59 Å². The molecule has 1 amide bonds. The van der Waals surface area contributed by atoms with Crippen molar-refractivity contribution in [2.75, 3.05) is 11.7 Å². The van der Waals surface area contributed by atoms with Crippen LogP contribution in [0.25, 0.3) is 0 Å². The Kier molecular flexibility index (Phi) is 2.94. The molecule has 0 radical (unpaired) electrons. The van der Waals surface area contributed by atoms with Crippen LogP contribution in [0.15, 0.2) is 40.9 Å². The van der Waals surface area contributed by atoms with Gasteiger partial charge in [-0.05, 0) is 29.8 Å². The number of carbonyl (C=O) groups is 2. The van der Waals surface area contributed by atoms with Crippen molar-refractivity contribution in [3.05, 3.63) is 52.0 Å². The number of carbonyl (C=O) groups excluding carboxylic acids is 2. The number of halogens is 1. The van der Waals surface area contributed by atoms with Crippen LogP contribution in [0, 0.1) is 0 Å². The van der Waals surface area contributed by atoms with E-state index in [2.05, 4.69) is 15.9 Å². The standard InChI is InChI=1S/C16H10BrNO4/c17-11-6-14-13(21-8-22-14)5-9(11)7-18-12-4-2-1-3-10(12)15(19)16(18)20/h1-6H,7-8H2. The molecule has 110 valence electrons. The van der Waals surface area contributed by atoms with Crippen molar-refractivity contribution >= 4 is 33.3 Å². The zero-order chi connectivity index (χ0) is 15.3. The first-order valence-corrected chi connectivity index (χ1v) is 7.47. The van der Waals surface area contributed by atoms with E-state index in [0.717, 1.165) is 10.0 Å². The first kappa shape index (κ1) is 13.3. The zero-order valence-electron chi connectivity index (χ0n) is 11.3. The maximum absolute atomic E-state index is 12.2. The summed E-state index contributed by atoms with van der Waals surface area (Å²) >= 11 is 3.47. The number of nitrogens with zero attached hydrogens (tertiary/aromatic N) is 1. The lowest BCUT2D eigenvalue weighted by molar-refractivity contribution is -0.114. The maximum atomic E-state index is 12.2. The van der Waals surface area contributed by atoms with Crippen LogP contribution in [-0.4, -0.2) is 18.5 Å². The molecular weight excluding hydrogens is 350 g/mol. The molecule has 0 unspecified atom stereocenters. The minimum Gasteiger partial charge on any atom is -0.454 e. The summed E-state index contributed by atoms with van der Waals surface area (Å²) in [6.07, 6.45) is 0. The number of hydrogen-bond donors (Lipinski definition) is 0. The van der Waals surface area contributed by atoms with Crippen molar-refractivity contribution < 1.29 is 19.1 Å². The van der Waals surface area contributed by atoms with Gasteiger partial charge in [-0.3, -0.25) is 9.59 Å². The molecule has 0 aromatic heterocycles. The lowest BCUT2D eigenvalue weighted by atomic mass is 10.1. The number of hydrogen-bond acceptors (Lipinski definition) is 4. The number of ether oxygens (including phenoxy) is 2. The summed E-state index contributed by atoms with van der Waals surface area (Å²) in [7, 11) is 0. The van der Waals surface area contributed by atoms with Gasteiger partial charge >= 0.3 is 0 Å². The van der Waals surface area contributed by atoms with Crippen molar-refractivity contribution in [3.63, 3.8) is 0 Å². The fourth-order valence-electron chi connectivity index (χ4n) is 2.66. The Labute approximate surface area is 134 Å². The molecule has 0 fully saturated rings. The molecule has 6 heteroatoms. The van der Waals surface area contributed by atoms with Gasteiger partial charge in [0.25, 0.3) is 11.7 Å². The maximum Gasteiger partial charge on any atom is 0.299 e. The zero-order valence-corrected chi connectivity index (χ0v) is 12.9. The Morgan fingerprint density at radius 1 is 1.09 bits per heavy atom. The van der Waals surface area contributed by atoms with Crippen LogP contribution in [0.4, 0.5) is 5.69 Å². The van der Waals surface area contributed by atoms with Crippen molar-refractivity contribution in [2.24, 2.45) is 0 Å². The Morgan fingerprint density at radius 3 is 2.64 bits per heavy atom. The first-order chi connectivity index (χ1) is 10.6. The van der Waals surface area contributed by atoms with Gasteiger partial charge in [-0.25, -0.2) is 0 Å². The highest BCUT2D eigenvalue weighted by molar-refractivity contribution is 9.10. The van der Waals surface area contributed by atoms with Crippen molar-refractivity contribution in [2.45, 2.75) is 6.54 Å². The van der Waals surface area contributed by atoms with Crippen LogP contribution in [0.3, 0.4) is 0 Å². The average molecular weight is 360 g/mol. The molecule has 0 bridgehead atoms. The fraction of sp³-hybridized carbons (Fsp3) is 0.125. The number of Topliss-reactive ketones (excluding diaryl/α,β-unsaturated/α-hetero) is 1. The van der Waals surface area contributed by atoms with Crippen LogP contribution in [0.5, 0.6) is 11.5 Å². The molecular formula is C16H10BrNO4. The lowest BCUT2D eigenvalue weighted by Gasteiger charge is -2.17. The quantitative estimate of drug-likeness (QED) is 0.773. The van der Waals surface area contributed by atoms with E-state index in [4.69, 9.17) is 9.47 Å². The van der Waals surface area contributed by atoms with E-state index in [0.29, 0.717) is 29.3 Å². The molecule has 2 aromatic carbocycles. The molecule has 4 rings (SSSR count). The Bertz CT molecular complexity index is 818. The monoisotopic (exact) mass is 359 g/mol. The Hall–Kier alpha value is -2.34. The Morgan fingerprint density at radius 2 is 1.82 bits per heavy atom. The number of benzene rings is 2. The molecule has 2 aliphatic rings. The summed E-state index contributed by atoms with van der Waals surface area (Å²) < 4.78 is 11.5. The number of fused-ring (bicyclic) bond motifs is 2. The summed E-state index contributed by atoms with van der Waals surface area (Å²) in [6.45, 7) is 0.480. The number of ketones is 1. The van der Waals surface area contributed by atoms with E-state index >= 15 is 0 Å². The molecule has 0 spiro atoms. The number of rotatable bonds is 2. The van der Waals surface area contributed by atoms with Crippen LogP contribution in [0.2, 0.25) is 0 Å². The summed E-state index contributed by atoms with van der Waals surface area (Å²) in [5.74, 6) is 0.336. The van der Waals surface area contributed by atoms with E-state index in [-0.39, 0.29) is 6.79 Å². The molecule has 5 nitrogen and oxygen atoms in total. The summed E-state index contributed by atoms with van der Waals surface area (Å²) in [5, 5.41) is 0. The van der Waals surface area contributed by atoms with Crippen LogP contribution >= 0.6 is 15.9 Å². The van der Waals surface area contributed by atoms with Crippen LogP contribution < -0.4 is 14.4 Å². The molecule has 22 heavy (non-hydrogen) atoms. The van der Waals surface area contributed by atoms with Crippen molar-refractivity contribution in [1.29, 1.82) is 0 Å². The minimum atomic E-state index is -0.509. The van der Waals surface area contributed by atoms with Crippen molar-refractivity contribution in [3.8, 4) is 11.5 Å². The van der Waals surface area contributed by atoms with Gasteiger partial charge in [-0.15, -0.1) is 0 Å². The second-order valence-corrected chi connectivity index (χ2v) is 5.89. The van der Waals surface area contributed by atoms with E-state index < -0.39 is 11.7 Å². The summed E-state index contributed by atoms with van der Waals surface area (Å²) in [6, 6.07) is 10.6. The van der Waals surface area contributed by atoms with Gasteiger partial charge in [0.2, 0.25) is 6.79 Å². The van der Waals surface area contributed by atoms with Crippen LogP contribution in [0.1, 0.15) is 15.9 Å². The molecule has 2 aliphatic heterocycles. The third-order valence-electron chi connectivity index (χ3n) is 3.75. The highest BCUT2D eigenvalue weighted by atomic mass is 79.9. The van der Waals surface area contributed by atoms with Crippen LogP contribution in [-0.2, 0) is 11.3 Å². The summed E-state index contributed by atoms with van der Waals surface area (Å²) in [5.41, 5.74) is 1.94. The molecule has 0 N–H and O–H groups in total. The van der Waals surface area contributed by atoms with Gasteiger partial charge in [0.15, 0.2) is 11.5 Å². The SMILES string of the molecule is O=C1C(=O)N(Cc2cc3c(cc2Br)OCO3)c2ccccc21.